The van der Waals surface area contributed by atoms with E-state index < -0.39 is 23.3 Å². The van der Waals surface area contributed by atoms with E-state index in [0.717, 1.165) is 31.9 Å². The van der Waals surface area contributed by atoms with Crippen molar-refractivity contribution in [1.82, 2.24) is 15.3 Å². The first-order valence-electron chi connectivity index (χ1n) is 8.68. The van der Waals surface area contributed by atoms with E-state index in [2.05, 4.69) is 20.6 Å². The lowest BCUT2D eigenvalue weighted by Crippen LogP contribution is -2.31. The number of hydrogen-bond acceptors (Lipinski definition) is 4. The first-order chi connectivity index (χ1) is 13.2. The molecule has 1 aliphatic rings. The number of amides is 1. The van der Waals surface area contributed by atoms with Crippen LogP contribution >= 0.6 is 23.2 Å². The lowest BCUT2D eigenvalue weighted by atomic mass is 10.1. The number of carbonyl (C=O) groups excluding carboxylic acids is 1. The van der Waals surface area contributed by atoms with Crippen molar-refractivity contribution >= 4 is 40.7 Å². The predicted octanol–water partition coefficient (Wildman–Crippen LogP) is 5.47. The van der Waals surface area contributed by atoms with Gasteiger partial charge < -0.3 is 10.6 Å². The van der Waals surface area contributed by atoms with Crippen LogP contribution < -0.4 is 10.6 Å². The Morgan fingerprint density at radius 3 is 2.57 bits per heavy atom. The molecule has 1 saturated carbocycles. The van der Waals surface area contributed by atoms with Gasteiger partial charge in [0.15, 0.2) is 5.69 Å². The quantitative estimate of drug-likeness (QED) is 0.657. The maximum atomic E-state index is 13.5. The van der Waals surface area contributed by atoms with E-state index in [1.165, 1.54) is 18.2 Å². The molecule has 0 radical (unpaired) electrons. The van der Waals surface area contributed by atoms with Gasteiger partial charge in [-0.3, -0.25) is 4.79 Å². The monoisotopic (exact) mass is 432 g/mol. The number of hydrogen-bond donors (Lipinski definition) is 2. The van der Waals surface area contributed by atoms with Crippen molar-refractivity contribution in [3.8, 4) is 0 Å². The number of nitrogens with zero attached hydrogens (tertiary/aromatic N) is 2. The van der Waals surface area contributed by atoms with Crippen molar-refractivity contribution in [1.29, 1.82) is 0 Å². The van der Waals surface area contributed by atoms with Gasteiger partial charge in [-0.1, -0.05) is 36.0 Å². The van der Waals surface area contributed by atoms with Gasteiger partial charge in [-0.25, -0.2) is 9.97 Å². The third-order valence-electron chi connectivity index (χ3n) is 4.51. The molecule has 1 heterocycles. The van der Waals surface area contributed by atoms with Gasteiger partial charge in [-0.15, -0.1) is 0 Å². The fourth-order valence-electron chi connectivity index (χ4n) is 3.08. The van der Waals surface area contributed by atoms with Crippen LogP contribution in [-0.2, 0) is 6.18 Å². The van der Waals surface area contributed by atoms with Gasteiger partial charge in [0.05, 0.1) is 16.3 Å². The molecule has 0 bridgehead atoms. The molecule has 0 atom stereocenters. The predicted molar refractivity (Wildman–Crippen MR) is 101 cm³/mol. The van der Waals surface area contributed by atoms with Crippen molar-refractivity contribution in [2.75, 3.05) is 11.9 Å². The van der Waals surface area contributed by atoms with Gasteiger partial charge in [0.2, 0.25) is 5.95 Å². The molecule has 1 aromatic heterocycles. The largest absolute Gasteiger partial charge is 0.434 e. The second-order valence-electron chi connectivity index (χ2n) is 6.56. The molecule has 2 N–H and O–H groups in total. The van der Waals surface area contributed by atoms with Crippen LogP contribution in [-0.4, -0.2) is 22.4 Å². The zero-order valence-corrected chi connectivity index (χ0v) is 16.1. The molecule has 3 rings (SSSR count). The Morgan fingerprint density at radius 2 is 1.93 bits per heavy atom. The van der Waals surface area contributed by atoms with Crippen LogP contribution in [0, 0.1) is 5.92 Å². The van der Waals surface area contributed by atoms with Crippen molar-refractivity contribution in [3.05, 3.63) is 45.7 Å². The molecule has 1 amide bonds. The highest BCUT2D eigenvalue weighted by atomic mass is 35.5. The fourth-order valence-corrected chi connectivity index (χ4v) is 3.54. The second-order valence-corrected chi connectivity index (χ2v) is 7.41. The zero-order valence-electron chi connectivity index (χ0n) is 14.6. The highest BCUT2D eigenvalue weighted by Gasteiger charge is 2.38. The van der Waals surface area contributed by atoms with E-state index >= 15 is 0 Å². The Bertz CT molecular complexity index is 870. The number of halogens is 5. The molecular formula is C18H17Cl2F3N4O. The van der Waals surface area contributed by atoms with Gasteiger partial charge >= 0.3 is 6.18 Å². The SMILES string of the molecule is O=C(NCC1CCCC1)c1cnc(Nc2ccc(Cl)cc2Cl)nc1C(F)(F)F. The Labute approximate surface area is 169 Å². The maximum absolute atomic E-state index is 13.5. The van der Waals surface area contributed by atoms with Gasteiger partial charge in [-0.2, -0.15) is 13.2 Å². The van der Waals surface area contributed by atoms with E-state index in [1.807, 2.05) is 0 Å². The van der Waals surface area contributed by atoms with E-state index in [0.29, 0.717) is 17.5 Å². The normalized spacial score (nSPS) is 14.9. The summed E-state index contributed by atoms with van der Waals surface area (Å²) in [5.41, 5.74) is -1.63. The van der Waals surface area contributed by atoms with Gasteiger partial charge in [0.1, 0.15) is 0 Å². The van der Waals surface area contributed by atoms with E-state index in [-0.39, 0.29) is 16.7 Å². The lowest BCUT2D eigenvalue weighted by Gasteiger charge is -2.15. The molecule has 10 heteroatoms. The maximum Gasteiger partial charge on any atom is 0.434 e. The summed E-state index contributed by atoms with van der Waals surface area (Å²) in [6, 6.07) is 4.44. The van der Waals surface area contributed by atoms with E-state index in [9.17, 15) is 18.0 Å². The van der Waals surface area contributed by atoms with Crippen LogP contribution in [0.5, 0.6) is 0 Å². The number of rotatable bonds is 5. The number of benzene rings is 1. The standard InChI is InChI=1S/C18H17Cl2F3N4O/c19-11-5-6-14(13(20)7-11)26-17-25-9-12(15(27-17)18(21,22)23)16(28)24-8-10-3-1-2-4-10/h5-7,9-10H,1-4,8H2,(H,24,28)(H,25,26,27). The highest BCUT2D eigenvalue weighted by Crippen LogP contribution is 2.32. The minimum Gasteiger partial charge on any atom is -0.352 e. The molecule has 28 heavy (non-hydrogen) atoms. The Balaban J connectivity index is 1.82. The van der Waals surface area contributed by atoms with Gasteiger partial charge in [0, 0.05) is 17.8 Å². The number of anilines is 2. The van der Waals surface area contributed by atoms with Gasteiger partial charge in [0.25, 0.3) is 5.91 Å². The minimum atomic E-state index is -4.82. The summed E-state index contributed by atoms with van der Waals surface area (Å²) in [5.74, 6) is -0.869. The number of alkyl halides is 3. The van der Waals surface area contributed by atoms with Crippen molar-refractivity contribution in [2.24, 2.45) is 5.92 Å². The number of carbonyl (C=O) groups is 1. The third kappa shape index (κ3) is 5.05. The van der Waals surface area contributed by atoms with Crippen molar-refractivity contribution < 1.29 is 18.0 Å². The zero-order chi connectivity index (χ0) is 20.3. The molecule has 5 nitrogen and oxygen atoms in total. The van der Waals surface area contributed by atoms with E-state index in [1.54, 1.807) is 0 Å². The van der Waals surface area contributed by atoms with Crippen LogP contribution in [0.1, 0.15) is 41.7 Å². The molecule has 150 valence electrons. The van der Waals surface area contributed by atoms with Crippen LogP contribution in [0.2, 0.25) is 10.0 Å². The molecule has 1 aromatic carbocycles. The lowest BCUT2D eigenvalue weighted by molar-refractivity contribution is -0.141. The summed E-state index contributed by atoms with van der Waals surface area (Å²) in [4.78, 5) is 19.6. The summed E-state index contributed by atoms with van der Waals surface area (Å²) in [6.45, 7) is 0.344. The van der Waals surface area contributed by atoms with Gasteiger partial charge in [-0.05, 0) is 37.0 Å². The Hall–Kier alpha value is -2.06. The van der Waals surface area contributed by atoms with Crippen LogP contribution in [0.4, 0.5) is 24.8 Å². The topological polar surface area (TPSA) is 66.9 Å². The van der Waals surface area contributed by atoms with Crippen LogP contribution in [0.15, 0.2) is 24.4 Å². The molecule has 0 aliphatic heterocycles. The fraction of sp³-hybridized carbons (Fsp3) is 0.389. The van der Waals surface area contributed by atoms with Crippen molar-refractivity contribution in [3.63, 3.8) is 0 Å². The summed E-state index contributed by atoms with van der Waals surface area (Å²) in [5, 5.41) is 5.75. The minimum absolute atomic E-state index is 0.197. The molecule has 0 unspecified atom stereocenters. The summed E-state index contributed by atoms with van der Waals surface area (Å²) < 4.78 is 40.4. The first kappa shape index (κ1) is 20.7. The molecule has 2 aromatic rings. The molecule has 1 aliphatic carbocycles. The average molecular weight is 433 g/mol. The van der Waals surface area contributed by atoms with E-state index in [4.69, 9.17) is 23.2 Å². The first-order valence-corrected chi connectivity index (χ1v) is 9.44. The van der Waals surface area contributed by atoms with Crippen LogP contribution in [0.25, 0.3) is 0 Å². The van der Waals surface area contributed by atoms with Crippen molar-refractivity contribution in [2.45, 2.75) is 31.9 Å². The summed E-state index contributed by atoms with van der Waals surface area (Å²) in [6.07, 6.45) is 0.131. The summed E-state index contributed by atoms with van der Waals surface area (Å²) in [7, 11) is 0. The Morgan fingerprint density at radius 1 is 1.21 bits per heavy atom. The number of aromatic nitrogens is 2. The number of nitrogens with one attached hydrogen (secondary N) is 2. The molecule has 0 spiro atoms. The highest BCUT2D eigenvalue weighted by molar-refractivity contribution is 6.36. The molecular weight excluding hydrogens is 416 g/mol. The summed E-state index contributed by atoms with van der Waals surface area (Å²) >= 11 is 11.8. The molecule has 0 saturated heterocycles. The Kier molecular flexibility index (Phi) is 6.30. The third-order valence-corrected chi connectivity index (χ3v) is 5.05. The second kappa shape index (κ2) is 8.53. The van der Waals surface area contributed by atoms with Crippen LogP contribution in [0.3, 0.4) is 0 Å². The smallest absolute Gasteiger partial charge is 0.352 e. The molecule has 1 fully saturated rings. The average Bonchev–Trinajstić information content (AvgIpc) is 3.15.